The molecule has 4 nitrogen and oxygen atoms in total. The van der Waals surface area contributed by atoms with Crippen molar-refractivity contribution >= 4 is 27.5 Å². The summed E-state index contributed by atoms with van der Waals surface area (Å²) in [6, 6.07) is 9.87. The molecular formula is C19H16BrF2N3O. The molecule has 134 valence electrons. The largest absolute Gasteiger partial charge is 0.319 e. The molecular weight excluding hydrogens is 404 g/mol. The molecule has 0 aliphatic carbocycles. The lowest BCUT2D eigenvalue weighted by Gasteiger charge is -2.09. The minimum atomic E-state index is -0.691. The van der Waals surface area contributed by atoms with Crippen molar-refractivity contribution in [1.29, 1.82) is 0 Å². The van der Waals surface area contributed by atoms with Crippen molar-refractivity contribution < 1.29 is 13.6 Å². The number of aryl methyl sites for hydroxylation is 1. The maximum Gasteiger partial charge on any atom is 0.255 e. The Morgan fingerprint density at radius 1 is 1.19 bits per heavy atom. The van der Waals surface area contributed by atoms with Gasteiger partial charge in [0.1, 0.15) is 11.6 Å². The van der Waals surface area contributed by atoms with Gasteiger partial charge in [-0.1, -0.05) is 12.1 Å². The molecule has 26 heavy (non-hydrogen) atoms. The van der Waals surface area contributed by atoms with Crippen LogP contribution in [-0.4, -0.2) is 15.7 Å². The van der Waals surface area contributed by atoms with E-state index in [2.05, 4.69) is 26.3 Å². The highest BCUT2D eigenvalue weighted by Crippen LogP contribution is 2.21. The fourth-order valence-corrected chi connectivity index (χ4v) is 2.88. The fraction of sp³-hybridized carbons (Fsp3) is 0.158. The Morgan fingerprint density at radius 3 is 2.65 bits per heavy atom. The highest BCUT2D eigenvalue weighted by molar-refractivity contribution is 9.10. The van der Waals surface area contributed by atoms with E-state index < -0.39 is 17.5 Å². The Kier molecular flexibility index (Phi) is 5.18. The SMILES string of the molecule is Cc1nn(Cc2cccc(C(=O)Nc3cc(F)ccc3F)c2)c(C)c1Br. The Balaban J connectivity index is 1.81. The van der Waals surface area contributed by atoms with E-state index in [-0.39, 0.29) is 5.69 Å². The molecule has 0 saturated heterocycles. The van der Waals surface area contributed by atoms with E-state index in [1.54, 1.807) is 18.2 Å². The van der Waals surface area contributed by atoms with Gasteiger partial charge in [0.2, 0.25) is 0 Å². The van der Waals surface area contributed by atoms with E-state index >= 15 is 0 Å². The van der Waals surface area contributed by atoms with Gasteiger partial charge in [0.05, 0.1) is 28.1 Å². The predicted octanol–water partition coefficient (Wildman–Crippen LogP) is 4.84. The Bertz CT molecular complexity index is 985. The molecule has 2 aromatic carbocycles. The van der Waals surface area contributed by atoms with Crippen molar-refractivity contribution in [2.75, 3.05) is 5.32 Å². The lowest BCUT2D eigenvalue weighted by atomic mass is 10.1. The van der Waals surface area contributed by atoms with Gasteiger partial charge in [-0.3, -0.25) is 9.48 Å². The molecule has 3 rings (SSSR count). The van der Waals surface area contributed by atoms with Crippen molar-refractivity contribution in [2.24, 2.45) is 0 Å². The Morgan fingerprint density at radius 2 is 1.96 bits per heavy atom. The summed E-state index contributed by atoms with van der Waals surface area (Å²) in [5, 5.41) is 6.85. The maximum atomic E-state index is 13.7. The average Bonchev–Trinajstić information content (AvgIpc) is 2.85. The number of aromatic nitrogens is 2. The lowest BCUT2D eigenvalue weighted by molar-refractivity contribution is 0.102. The van der Waals surface area contributed by atoms with Crippen molar-refractivity contribution in [3.05, 3.63) is 81.1 Å². The summed E-state index contributed by atoms with van der Waals surface area (Å²) in [5.74, 6) is -1.82. The fourth-order valence-electron chi connectivity index (χ4n) is 2.60. The van der Waals surface area contributed by atoms with Crippen LogP contribution in [0, 0.1) is 25.5 Å². The third kappa shape index (κ3) is 3.83. The molecule has 0 unspecified atom stereocenters. The lowest BCUT2D eigenvalue weighted by Crippen LogP contribution is -2.14. The van der Waals surface area contributed by atoms with Gasteiger partial charge in [-0.05, 0) is 59.6 Å². The van der Waals surface area contributed by atoms with Crippen LogP contribution < -0.4 is 5.32 Å². The first-order valence-corrected chi connectivity index (χ1v) is 8.69. The van der Waals surface area contributed by atoms with Crippen molar-refractivity contribution in [1.82, 2.24) is 9.78 Å². The minimum absolute atomic E-state index is 0.192. The maximum absolute atomic E-state index is 13.7. The summed E-state index contributed by atoms with van der Waals surface area (Å²) >= 11 is 3.49. The van der Waals surface area contributed by atoms with Gasteiger partial charge in [0.15, 0.2) is 0 Å². The van der Waals surface area contributed by atoms with Gasteiger partial charge >= 0.3 is 0 Å². The normalized spacial score (nSPS) is 10.8. The smallest absolute Gasteiger partial charge is 0.255 e. The van der Waals surface area contributed by atoms with Crippen LogP contribution in [0.15, 0.2) is 46.9 Å². The van der Waals surface area contributed by atoms with E-state index in [0.29, 0.717) is 12.1 Å². The first-order valence-electron chi connectivity index (χ1n) is 7.90. The van der Waals surface area contributed by atoms with Crippen molar-refractivity contribution in [3.63, 3.8) is 0 Å². The molecule has 0 spiro atoms. The molecule has 0 aliphatic heterocycles. The topological polar surface area (TPSA) is 46.9 Å². The van der Waals surface area contributed by atoms with Crippen molar-refractivity contribution in [2.45, 2.75) is 20.4 Å². The number of halogens is 3. The Labute approximate surface area is 158 Å². The second-order valence-electron chi connectivity index (χ2n) is 5.92. The van der Waals surface area contributed by atoms with Gasteiger partial charge in [0, 0.05) is 11.6 Å². The number of benzene rings is 2. The highest BCUT2D eigenvalue weighted by Gasteiger charge is 2.13. The molecule has 0 bridgehead atoms. The summed E-state index contributed by atoms with van der Waals surface area (Å²) in [4.78, 5) is 12.4. The van der Waals surface area contributed by atoms with Crippen LogP contribution in [-0.2, 0) is 6.54 Å². The number of carbonyl (C=O) groups excluding carboxylic acids is 1. The van der Waals surface area contributed by atoms with Crippen LogP contribution in [0.2, 0.25) is 0 Å². The Hall–Kier alpha value is -2.54. The molecule has 0 saturated carbocycles. The van der Waals surface area contributed by atoms with Gasteiger partial charge < -0.3 is 5.32 Å². The van der Waals surface area contributed by atoms with E-state index in [9.17, 15) is 13.6 Å². The number of rotatable bonds is 4. The number of amides is 1. The minimum Gasteiger partial charge on any atom is -0.319 e. The van der Waals surface area contributed by atoms with E-state index in [4.69, 9.17) is 0 Å². The second-order valence-corrected chi connectivity index (χ2v) is 6.71. The summed E-state index contributed by atoms with van der Waals surface area (Å²) in [6.07, 6.45) is 0. The molecule has 0 fully saturated rings. The van der Waals surface area contributed by atoms with Crippen LogP contribution in [0.5, 0.6) is 0 Å². The number of anilines is 1. The molecule has 0 aliphatic rings. The van der Waals surface area contributed by atoms with Gasteiger partial charge in [-0.15, -0.1) is 0 Å². The van der Waals surface area contributed by atoms with Gasteiger partial charge in [-0.2, -0.15) is 5.10 Å². The molecule has 1 N–H and O–H groups in total. The van der Waals surface area contributed by atoms with Crippen molar-refractivity contribution in [3.8, 4) is 0 Å². The second kappa shape index (κ2) is 7.37. The average molecular weight is 420 g/mol. The van der Waals surface area contributed by atoms with E-state index in [1.165, 1.54) is 0 Å². The van der Waals surface area contributed by atoms with E-state index in [0.717, 1.165) is 39.6 Å². The monoisotopic (exact) mass is 419 g/mol. The van der Waals surface area contributed by atoms with Crippen LogP contribution in [0.25, 0.3) is 0 Å². The van der Waals surface area contributed by atoms with Gasteiger partial charge in [-0.25, -0.2) is 8.78 Å². The zero-order valence-corrected chi connectivity index (χ0v) is 15.8. The molecule has 7 heteroatoms. The number of nitrogens with one attached hydrogen (secondary N) is 1. The van der Waals surface area contributed by atoms with Gasteiger partial charge in [0.25, 0.3) is 5.91 Å². The van der Waals surface area contributed by atoms with Crippen LogP contribution in [0.3, 0.4) is 0 Å². The third-order valence-corrected chi connectivity index (χ3v) is 5.14. The number of hydrogen-bond donors (Lipinski definition) is 1. The summed E-state index contributed by atoms with van der Waals surface area (Å²) < 4.78 is 29.7. The first kappa shape index (κ1) is 18.3. The molecule has 1 heterocycles. The molecule has 0 radical (unpaired) electrons. The standard InChI is InChI=1S/C19H16BrF2N3O/c1-11-18(20)12(2)25(24-11)10-13-4-3-5-14(8-13)19(26)23-17-9-15(21)6-7-16(17)22/h3-9H,10H2,1-2H3,(H,23,26). The molecule has 0 atom stereocenters. The predicted molar refractivity (Wildman–Crippen MR) is 99.3 cm³/mol. The summed E-state index contributed by atoms with van der Waals surface area (Å²) in [6.45, 7) is 4.35. The zero-order chi connectivity index (χ0) is 18.8. The van der Waals surface area contributed by atoms with Crippen LogP contribution >= 0.6 is 15.9 Å². The molecule has 3 aromatic rings. The molecule has 1 aromatic heterocycles. The quantitative estimate of drug-likeness (QED) is 0.657. The third-order valence-electron chi connectivity index (χ3n) is 3.99. The zero-order valence-electron chi connectivity index (χ0n) is 14.2. The highest BCUT2D eigenvalue weighted by atomic mass is 79.9. The van der Waals surface area contributed by atoms with Crippen LogP contribution in [0.4, 0.5) is 14.5 Å². The number of carbonyl (C=O) groups is 1. The number of nitrogens with zero attached hydrogens (tertiary/aromatic N) is 2. The van der Waals surface area contributed by atoms with Crippen LogP contribution in [0.1, 0.15) is 27.3 Å². The number of hydrogen-bond acceptors (Lipinski definition) is 2. The summed E-state index contributed by atoms with van der Waals surface area (Å²) in [5.41, 5.74) is 2.90. The molecule has 1 amide bonds. The first-order chi connectivity index (χ1) is 12.3. The van der Waals surface area contributed by atoms with E-state index in [1.807, 2.05) is 24.6 Å². The summed E-state index contributed by atoms with van der Waals surface area (Å²) in [7, 11) is 0.